The third-order valence-electron chi connectivity index (χ3n) is 6.23. The van der Waals surface area contributed by atoms with Crippen molar-refractivity contribution in [2.24, 2.45) is 23.2 Å². The van der Waals surface area contributed by atoms with E-state index < -0.39 is 0 Å². The summed E-state index contributed by atoms with van der Waals surface area (Å²) >= 11 is 0. The van der Waals surface area contributed by atoms with Crippen LogP contribution in [0.1, 0.15) is 69.3 Å². The zero-order chi connectivity index (χ0) is 18.0. The van der Waals surface area contributed by atoms with Crippen LogP contribution in [0.4, 0.5) is 0 Å². The van der Waals surface area contributed by atoms with Crippen LogP contribution < -0.4 is 0 Å². The number of Topliss-reactive ketones (excluding diaryl/α,β-unsaturated/α-hetero) is 1. The van der Waals surface area contributed by atoms with E-state index in [4.69, 9.17) is 0 Å². The van der Waals surface area contributed by atoms with E-state index in [1.165, 1.54) is 24.0 Å². The van der Waals surface area contributed by atoms with E-state index in [2.05, 4.69) is 58.1 Å². The van der Waals surface area contributed by atoms with Crippen molar-refractivity contribution in [3.63, 3.8) is 0 Å². The molecule has 25 heavy (non-hydrogen) atoms. The largest absolute Gasteiger partial charge is 0.294 e. The summed E-state index contributed by atoms with van der Waals surface area (Å²) in [6.07, 6.45) is 12.4. The number of rotatable bonds is 9. The lowest BCUT2D eigenvalue weighted by atomic mass is 9.93. The van der Waals surface area contributed by atoms with Gasteiger partial charge >= 0.3 is 0 Å². The van der Waals surface area contributed by atoms with Gasteiger partial charge in [-0.25, -0.2) is 0 Å². The van der Waals surface area contributed by atoms with Crippen LogP contribution in [-0.2, 0) is 6.42 Å². The van der Waals surface area contributed by atoms with Crippen molar-refractivity contribution < 1.29 is 4.79 Å². The summed E-state index contributed by atoms with van der Waals surface area (Å²) in [6.45, 7) is 8.82. The molecule has 1 aromatic carbocycles. The van der Waals surface area contributed by atoms with Gasteiger partial charge in [-0.05, 0) is 68.3 Å². The van der Waals surface area contributed by atoms with Gasteiger partial charge in [0, 0.05) is 12.0 Å². The fourth-order valence-corrected chi connectivity index (χ4v) is 3.72. The van der Waals surface area contributed by atoms with E-state index in [-0.39, 0.29) is 0 Å². The van der Waals surface area contributed by atoms with E-state index in [1.807, 2.05) is 12.1 Å². The highest BCUT2D eigenvalue weighted by molar-refractivity contribution is 5.97. The number of carbonyl (C=O) groups excluding carboxylic acids is 1. The number of hydrogen-bond acceptors (Lipinski definition) is 1. The van der Waals surface area contributed by atoms with Crippen molar-refractivity contribution in [2.75, 3.05) is 0 Å². The van der Waals surface area contributed by atoms with Gasteiger partial charge in [-0.15, -0.1) is 0 Å². The Bertz CT molecular complexity index is 669. The van der Waals surface area contributed by atoms with Gasteiger partial charge in [0.1, 0.15) is 0 Å². The summed E-state index contributed by atoms with van der Waals surface area (Å²) < 4.78 is 0. The van der Waals surface area contributed by atoms with Gasteiger partial charge in [-0.1, -0.05) is 61.9 Å². The summed E-state index contributed by atoms with van der Waals surface area (Å²) in [5.74, 6) is 2.33. The fourth-order valence-electron chi connectivity index (χ4n) is 3.72. The van der Waals surface area contributed by atoms with Crippen LogP contribution >= 0.6 is 0 Å². The number of benzene rings is 1. The van der Waals surface area contributed by atoms with Crippen molar-refractivity contribution in [3.8, 4) is 0 Å². The summed E-state index contributed by atoms with van der Waals surface area (Å²) in [5.41, 5.74) is 4.14. The molecule has 2 saturated carbocycles. The van der Waals surface area contributed by atoms with Crippen molar-refractivity contribution in [2.45, 2.75) is 59.8 Å². The molecule has 0 heterocycles. The Balaban J connectivity index is 1.54. The van der Waals surface area contributed by atoms with Crippen LogP contribution in [0.3, 0.4) is 0 Å². The zero-order valence-corrected chi connectivity index (χ0v) is 16.2. The molecule has 0 aromatic heterocycles. The predicted octanol–water partition coefficient (Wildman–Crippen LogP) is 6.40. The first-order chi connectivity index (χ1) is 11.9. The highest BCUT2D eigenvalue weighted by Crippen LogP contribution is 2.77. The Morgan fingerprint density at radius 1 is 1.24 bits per heavy atom. The molecule has 2 fully saturated rings. The molecule has 1 atom stereocenters. The van der Waals surface area contributed by atoms with Crippen molar-refractivity contribution in [3.05, 3.63) is 59.2 Å². The summed E-state index contributed by atoms with van der Waals surface area (Å²) in [6, 6.07) is 8.36. The van der Waals surface area contributed by atoms with Gasteiger partial charge < -0.3 is 0 Å². The highest BCUT2D eigenvalue weighted by atomic mass is 16.1. The molecule has 1 heteroatoms. The number of fused-ring (bicyclic) bond motifs is 1. The SMILES string of the molecule is C/C=C/C(/C=C(/C)C(C)C)CCc1ccc(C(=O)CC23CC2C3)cc1. The molecular weight excluding hydrogens is 304 g/mol. The first-order valence-electron chi connectivity index (χ1n) is 9.87. The molecule has 0 aliphatic heterocycles. The molecular formula is C24H32O. The van der Waals surface area contributed by atoms with Crippen molar-refractivity contribution in [1.29, 1.82) is 0 Å². The number of hydrogen-bond donors (Lipinski definition) is 0. The Labute approximate surface area is 153 Å². The highest BCUT2D eigenvalue weighted by Gasteiger charge is 2.69. The predicted molar refractivity (Wildman–Crippen MR) is 106 cm³/mol. The Kier molecular flexibility index (Phi) is 5.32. The van der Waals surface area contributed by atoms with Crippen LogP contribution in [0.15, 0.2) is 48.1 Å². The minimum atomic E-state index is 0.342. The van der Waals surface area contributed by atoms with E-state index in [9.17, 15) is 4.79 Å². The lowest BCUT2D eigenvalue weighted by Crippen LogP contribution is -2.04. The quantitative estimate of drug-likeness (QED) is 0.377. The van der Waals surface area contributed by atoms with Gasteiger partial charge in [0.25, 0.3) is 0 Å². The maximum atomic E-state index is 12.4. The standard InChI is InChI=1S/C24H32O/c1-5-6-20(13-18(4)17(2)3)8-7-19-9-11-21(12-10-19)23(25)16-24-14-22(24)15-24/h5-6,9-13,17,20,22H,7-8,14-16H2,1-4H3/b6-5+,18-13-. The monoisotopic (exact) mass is 336 g/mol. The molecule has 0 amide bonds. The third-order valence-corrected chi connectivity index (χ3v) is 6.23. The summed E-state index contributed by atoms with van der Waals surface area (Å²) in [4.78, 5) is 12.4. The maximum absolute atomic E-state index is 12.4. The molecule has 134 valence electrons. The maximum Gasteiger partial charge on any atom is 0.163 e. The third kappa shape index (κ3) is 4.51. The van der Waals surface area contributed by atoms with Crippen molar-refractivity contribution >= 4 is 5.78 Å². The molecule has 1 nitrogen and oxygen atoms in total. The minimum Gasteiger partial charge on any atom is -0.294 e. The van der Waals surface area contributed by atoms with Crippen molar-refractivity contribution in [1.82, 2.24) is 0 Å². The average Bonchev–Trinajstić information content (AvgIpc) is 3.43. The van der Waals surface area contributed by atoms with Crippen LogP contribution in [-0.4, -0.2) is 5.78 Å². The Morgan fingerprint density at radius 2 is 1.88 bits per heavy atom. The summed E-state index contributed by atoms with van der Waals surface area (Å²) in [7, 11) is 0. The van der Waals surface area contributed by atoms with Crippen LogP contribution in [0.25, 0.3) is 0 Å². The van der Waals surface area contributed by atoms with Gasteiger partial charge in [-0.2, -0.15) is 0 Å². The molecule has 1 aromatic rings. The van der Waals surface area contributed by atoms with Gasteiger partial charge in [-0.3, -0.25) is 4.79 Å². The molecule has 0 spiro atoms. The van der Waals surface area contributed by atoms with Gasteiger partial charge in [0.15, 0.2) is 5.78 Å². The van der Waals surface area contributed by atoms with Crippen LogP contribution in [0.2, 0.25) is 0 Å². The second kappa shape index (κ2) is 7.32. The number of carbonyl (C=O) groups is 1. The average molecular weight is 337 g/mol. The number of aryl methyl sites for hydroxylation is 1. The lowest BCUT2D eigenvalue weighted by molar-refractivity contribution is 0.0967. The molecule has 2 aliphatic carbocycles. The second-order valence-corrected chi connectivity index (χ2v) is 8.56. The van der Waals surface area contributed by atoms with E-state index in [0.29, 0.717) is 23.0 Å². The normalized spacial score (nSPS) is 26.0. The first kappa shape index (κ1) is 18.2. The molecule has 2 aliphatic rings. The number of ketones is 1. The molecule has 0 saturated heterocycles. The molecule has 1 unspecified atom stereocenters. The second-order valence-electron chi connectivity index (χ2n) is 8.56. The summed E-state index contributed by atoms with van der Waals surface area (Å²) in [5, 5.41) is 0. The smallest absolute Gasteiger partial charge is 0.163 e. The fraction of sp³-hybridized carbons (Fsp3) is 0.542. The number of allylic oxidation sites excluding steroid dienone is 4. The molecule has 3 rings (SSSR count). The van der Waals surface area contributed by atoms with E-state index >= 15 is 0 Å². The topological polar surface area (TPSA) is 17.1 Å². The Morgan fingerprint density at radius 3 is 2.40 bits per heavy atom. The van der Waals surface area contributed by atoms with E-state index in [0.717, 1.165) is 30.7 Å². The van der Waals surface area contributed by atoms with Gasteiger partial charge in [0.2, 0.25) is 0 Å². The van der Waals surface area contributed by atoms with Gasteiger partial charge in [0.05, 0.1) is 0 Å². The van der Waals surface area contributed by atoms with Crippen LogP contribution in [0.5, 0.6) is 0 Å². The lowest BCUT2D eigenvalue weighted by Gasteiger charge is -2.12. The molecule has 0 bridgehead atoms. The zero-order valence-electron chi connectivity index (χ0n) is 16.2. The molecule has 0 N–H and O–H groups in total. The minimum absolute atomic E-state index is 0.342. The van der Waals surface area contributed by atoms with E-state index in [1.54, 1.807) is 0 Å². The first-order valence-corrected chi connectivity index (χ1v) is 9.87. The van der Waals surface area contributed by atoms with Crippen LogP contribution in [0, 0.1) is 23.2 Å². The molecule has 0 radical (unpaired) electrons. The Hall–Kier alpha value is -1.63.